The van der Waals surface area contributed by atoms with Crippen molar-refractivity contribution in [3.05, 3.63) is 98.5 Å². The van der Waals surface area contributed by atoms with Crippen LogP contribution in [0, 0.1) is 32.1 Å². The fourth-order valence-corrected chi connectivity index (χ4v) is 2.79. The molecule has 0 saturated carbocycles. The molecule has 0 aliphatic rings. The Labute approximate surface area is 164 Å². The molecule has 0 amide bonds. The van der Waals surface area contributed by atoms with Crippen molar-refractivity contribution in [3.8, 4) is 11.8 Å². The number of pyridine rings is 1. The van der Waals surface area contributed by atoms with Gasteiger partial charge in [0.15, 0.2) is 0 Å². The number of benzene rings is 2. The molecule has 0 N–H and O–H groups in total. The lowest BCUT2D eigenvalue weighted by atomic mass is 10.1. The summed E-state index contributed by atoms with van der Waals surface area (Å²) in [5, 5.41) is 13.4. The average molecular weight is 371 g/mol. The van der Waals surface area contributed by atoms with Crippen LogP contribution in [-0.2, 0) is 6.61 Å². The lowest BCUT2D eigenvalue weighted by molar-refractivity contribution is 0.306. The van der Waals surface area contributed by atoms with E-state index in [4.69, 9.17) is 10.00 Å². The summed E-state index contributed by atoms with van der Waals surface area (Å²) in [6.07, 6.45) is 1.59. The highest BCUT2D eigenvalue weighted by atomic mass is 16.5. The molecule has 0 unspecified atom stereocenters. The van der Waals surface area contributed by atoms with Crippen LogP contribution in [0.25, 0.3) is 0 Å². The fraction of sp³-hybridized carbons (Fsp3) is 0.174. The summed E-state index contributed by atoms with van der Waals surface area (Å²) in [7, 11) is 0. The molecule has 0 fully saturated rings. The number of aromatic nitrogens is 1. The van der Waals surface area contributed by atoms with Crippen molar-refractivity contribution in [1.82, 2.24) is 4.68 Å². The Hall–Kier alpha value is -3.65. The van der Waals surface area contributed by atoms with Crippen molar-refractivity contribution in [2.45, 2.75) is 27.4 Å². The normalized spacial score (nSPS) is 10.8. The van der Waals surface area contributed by atoms with Gasteiger partial charge in [0, 0.05) is 5.69 Å². The van der Waals surface area contributed by atoms with Gasteiger partial charge >= 0.3 is 0 Å². The largest absolute Gasteiger partial charge is 0.489 e. The van der Waals surface area contributed by atoms with Gasteiger partial charge in [-0.3, -0.25) is 4.79 Å². The van der Waals surface area contributed by atoms with Crippen LogP contribution in [0.1, 0.15) is 33.5 Å². The first-order valence-corrected chi connectivity index (χ1v) is 8.94. The Morgan fingerprint density at radius 3 is 2.39 bits per heavy atom. The van der Waals surface area contributed by atoms with Gasteiger partial charge in [0.1, 0.15) is 24.0 Å². The van der Waals surface area contributed by atoms with Gasteiger partial charge in [-0.1, -0.05) is 29.8 Å². The van der Waals surface area contributed by atoms with Gasteiger partial charge in [0.2, 0.25) is 0 Å². The second kappa shape index (κ2) is 8.36. The average Bonchev–Trinajstić information content (AvgIpc) is 2.68. The van der Waals surface area contributed by atoms with Crippen molar-refractivity contribution < 1.29 is 4.74 Å². The van der Waals surface area contributed by atoms with Crippen LogP contribution in [-0.4, -0.2) is 10.9 Å². The summed E-state index contributed by atoms with van der Waals surface area (Å²) < 4.78 is 7.04. The second-order valence-corrected chi connectivity index (χ2v) is 6.66. The van der Waals surface area contributed by atoms with Crippen molar-refractivity contribution >= 4 is 6.21 Å². The predicted octanol–water partition coefficient (Wildman–Crippen LogP) is 4.11. The molecule has 140 valence electrons. The van der Waals surface area contributed by atoms with Crippen molar-refractivity contribution in [2.24, 2.45) is 5.10 Å². The zero-order valence-corrected chi connectivity index (χ0v) is 16.1. The van der Waals surface area contributed by atoms with Crippen LogP contribution in [0.2, 0.25) is 0 Å². The maximum atomic E-state index is 12.4. The highest BCUT2D eigenvalue weighted by molar-refractivity contribution is 5.79. The van der Waals surface area contributed by atoms with Crippen LogP contribution in [0.15, 0.2) is 64.5 Å². The minimum Gasteiger partial charge on any atom is -0.489 e. The summed E-state index contributed by atoms with van der Waals surface area (Å²) in [5.41, 5.74) is 4.20. The predicted molar refractivity (Wildman–Crippen MR) is 110 cm³/mol. The molecule has 0 bridgehead atoms. The Morgan fingerprint density at radius 1 is 1.07 bits per heavy atom. The van der Waals surface area contributed by atoms with E-state index in [2.05, 4.69) is 24.2 Å². The second-order valence-electron chi connectivity index (χ2n) is 6.66. The van der Waals surface area contributed by atoms with Gasteiger partial charge < -0.3 is 4.74 Å². The van der Waals surface area contributed by atoms with Gasteiger partial charge in [-0.05, 0) is 67.8 Å². The Kier molecular flexibility index (Phi) is 5.71. The lowest BCUT2D eigenvalue weighted by Crippen LogP contribution is -2.22. The topological polar surface area (TPSA) is 67.4 Å². The monoisotopic (exact) mass is 371 g/mol. The maximum absolute atomic E-state index is 12.4. The van der Waals surface area contributed by atoms with Crippen LogP contribution in [0.4, 0.5) is 0 Å². The van der Waals surface area contributed by atoms with Crippen molar-refractivity contribution in [2.75, 3.05) is 0 Å². The molecule has 3 rings (SSSR count). The summed E-state index contributed by atoms with van der Waals surface area (Å²) in [4.78, 5) is 12.4. The van der Waals surface area contributed by atoms with Crippen LogP contribution < -0.4 is 10.3 Å². The third-order valence-electron chi connectivity index (χ3n) is 4.40. The third-order valence-corrected chi connectivity index (χ3v) is 4.40. The number of rotatable bonds is 5. The molecule has 0 saturated heterocycles. The molecule has 0 aliphatic carbocycles. The van der Waals surface area contributed by atoms with E-state index in [1.165, 1.54) is 10.2 Å². The van der Waals surface area contributed by atoms with E-state index in [1.807, 2.05) is 42.5 Å². The Morgan fingerprint density at radius 2 is 1.75 bits per heavy atom. The molecule has 1 aromatic heterocycles. The zero-order valence-electron chi connectivity index (χ0n) is 16.1. The number of aryl methyl sites for hydroxylation is 3. The quantitative estimate of drug-likeness (QED) is 0.634. The molecular formula is C23H21N3O2. The van der Waals surface area contributed by atoms with E-state index >= 15 is 0 Å². The first kappa shape index (κ1) is 19.1. The molecule has 1 heterocycles. The number of hydrogen-bond acceptors (Lipinski definition) is 4. The van der Waals surface area contributed by atoms with E-state index in [0.717, 1.165) is 16.9 Å². The van der Waals surface area contributed by atoms with E-state index < -0.39 is 5.56 Å². The van der Waals surface area contributed by atoms with E-state index in [1.54, 1.807) is 26.1 Å². The highest BCUT2D eigenvalue weighted by Gasteiger charge is 2.08. The Bertz CT molecular complexity index is 1100. The molecule has 3 aromatic rings. The molecular weight excluding hydrogens is 350 g/mol. The van der Waals surface area contributed by atoms with Crippen LogP contribution in [0.3, 0.4) is 0 Å². The highest BCUT2D eigenvalue weighted by Crippen LogP contribution is 2.14. The molecule has 5 nitrogen and oxygen atoms in total. The summed E-state index contributed by atoms with van der Waals surface area (Å²) >= 11 is 0. The molecule has 2 aromatic carbocycles. The number of nitriles is 1. The summed E-state index contributed by atoms with van der Waals surface area (Å²) in [6, 6.07) is 19.4. The van der Waals surface area contributed by atoms with Gasteiger partial charge in [-0.25, -0.2) is 4.68 Å². The Balaban J connectivity index is 1.72. The van der Waals surface area contributed by atoms with E-state index in [0.29, 0.717) is 17.9 Å². The van der Waals surface area contributed by atoms with Crippen LogP contribution in [0.5, 0.6) is 5.75 Å². The smallest absolute Gasteiger partial charge is 0.289 e. The molecule has 0 spiro atoms. The number of nitrogens with zero attached hydrogens (tertiary/aromatic N) is 3. The first-order valence-electron chi connectivity index (χ1n) is 8.94. The van der Waals surface area contributed by atoms with E-state index in [9.17, 15) is 4.79 Å². The zero-order chi connectivity index (χ0) is 20.1. The van der Waals surface area contributed by atoms with Crippen LogP contribution >= 0.6 is 0 Å². The SMILES string of the molecule is Cc1ccc(COc2ccc(/C=N\n3c(C)cc(C)c(C#N)c3=O)cc2)cc1. The number of ether oxygens (including phenoxy) is 1. The van der Waals surface area contributed by atoms with Gasteiger partial charge in [0.25, 0.3) is 5.56 Å². The van der Waals surface area contributed by atoms with Gasteiger partial charge in [-0.15, -0.1) is 0 Å². The minimum atomic E-state index is -0.408. The summed E-state index contributed by atoms with van der Waals surface area (Å²) in [6.45, 7) is 6.09. The molecule has 5 heteroatoms. The third kappa shape index (κ3) is 4.36. The van der Waals surface area contributed by atoms with E-state index in [-0.39, 0.29) is 5.56 Å². The van der Waals surface area contributed by atoms with Crippen molar-refractivity contribution in [1.29, 1.82) is 5.26 Å². The maximum Gasteiger partial charge on any atom is 0.289 e. The molecule has 0 aliphatic heterocycles. The summed E-state index contributed by atoms with van der Waals surface area (Å²) in [5.74, 6) is 0.758. The minimum absolute atomic E-state index is 0.114. The van der Waals surface area contributed by atoms with Gasteiger partial charge in [0.05, 0.1) is 6.21 Å². The molecule has 0 atom stereocenters. The molecule has 28 heavy (non-hydrogen) atoms. The number of hydrogen-bond donors (Lipinski definition) is 0. The lowest BCUT2D eigenvalue weighted by Gasteiger charge is -2.07. The van der Waals surface area contributed by atoms with Crippen molar-refractivity contribution in [3.63, 3.8) is 0 Å². The fourth-order valence-electron chi connectivity index (χ4n) is 2.79. The first-order chi connectivity index (χ1) is 13.5. The molecule has 0 radical (unpaired) electrons. The van der Waals surface area contributed by atoms with Gasteiger partial charge in [-0.2, -0.15) is 10.4 Å². The standard InChI is InChI=1S/C23H21N3O2/c1-16-4-6-20(7-5-16)15-28-21-10-8-19(9-11-21)14-25-26-18(3)12-17(2)22(13-24)23(26)27/h4-12,14H,15H2,1-3H3/b25-14-.